The van der Waals surface area contributed by atoms with Crippen LogP contribution in [0.1, 0.15) is 18.1 Å². The van der Waals surface area contributed by atoms with Crippen LogP contribution >= 0.6 is 15.9 Å². The van der Waals surface area contributed by atoms with E-state index in [0.717, 1.165) is 16.9 Å². The molecular weight excluding hydrogens is 323 g/mol. The Bertz CT molecular complexity index is 574. The van der Waals surface area contributed by atoms with Gasteiger partial charge in [-0.1, -0.05) is 28.1 Å². The maximum absolute atomic E-state index is 13.4. The summed E-state index contributed by atoms with van der Waals surface area (Å²) in [6.07, 6.45) is 0.329. The van der Waals surface area contributed by atoms with Crippen molar-refractivity contribution in [2.75, 3.05) is 7.11 Å². The van der Waals surface area contributed by atoms with Crippen molar-refractivity contribution in [3.63, 3.8) is 0 Å². The van der Waals surface area contributed by atoms with Crippen LogP contribution in [0.2, 0.25) is 0 Å². The van der Waals surface area contributed by atoms with Gasteiger partial charge in [0.1, 0.15) is 11.6 Å². The average Bonchev–Trinajstić information content (AvgIpc) is 2.37. The number of hydrogen-bond acceptors (Lipinski definition) is 2. The second kappa shape index (κ2) is 5.94. The van der Waals surface area contributed by atoms with Crippen LogP contribution in [0.5, 0.6) is 5.75 Å². The second-order valence-electron chi connectivity index (χ2n) is 4.96. The summed E-state index contributed by atoms with van der Waals surface area (Å²) in [5.74, 6) is 0.415. The predicted molar refractivity (Wildman–Crippen MR) is 80.4 cm³/mol. The van der Waals surface area contributed by atoms with Crippen molar-refractivity contribution in [3.8, 4) is 5.75 Å². The second-order valence-corrected chi connectivity index (χ2v) is 5.87. The van der Waals surface area contributed by atoms with Crippen molar-refractivity contribution < 1.29 is 14.2 Å². The molecule has 0 spiro atoms. The van der Waals surface area contributed by atoms with Gasteiger partial charge in [-0.25, -0.2) is 4.39 Å². The van der Waals surface area contributed by atoms with Crippen LogP contribution in [-0.4, -0.2) is 12.2 Å². The van der Waals surface area contributed by atoms with E-state index in [2.05, 4.69) is 15.9 Å². The van der Waals surface area contributed by atoms with Gasteiger partial charge in [-0.3, -0.25) is 0 Å². The van der Waals surface area contributed by atoms with Crippen molar-refractivity contribution >= 4 is 15.9 Å². The van der Waals surface area contributed by atoms with E-state index in [1.54, 1.807) is 32.2 Å². The molecule has 0 radical (unpaired) electrons. The molecule has 0 aromatic heterocycles. The molecule has 0 fully saturated rings. The molecule has 0 aliphatic rings. The van der Waals surface area contributed by atoms with Gasteiger partial charge >= 0.3 is 0 Å². The highest BCUT2D eigenvalue weighted by molar-refractivity contribution is 9.10. The maximum atomic E-state index is 13.4. The van der Waals surface area contributed by atoms with Crippen molar-refractivity contribution in [3.05, 3.63) is 63.9 Å². The average molecular weight is 339 g/mol. The van der Waals surface area contributed by atoms with E-state index in [9.17, 15) is 9.50 Å². The predicted octanol–water partition coefficient (Wildman–Crippen LogP) is 4.05. The van der Waals surface area contributed by atoms with E-state index in [0.29, 0.717) is 10.9 Å². The number of aliphatic hydroxyl groups is 1. The lowest BCUT2D eigenvalue weighted by atomic mass is 9.89. The highest BCUT2D eigenvalue weighted by Crippen LogP contribution is 2.28. The molecule has 0 amide bonds. The topological polar surface area (TPSA) is 29.5 Å². The lowest BCUT2D eigenvalue weighted by molar-refractivity contribution is 0.0575. The van der Waals surface area contributed by atoms with Crippen LogP contribution < -0.4 is 4.74 Å². The molecule has 4 heteroatoms. The van der Waals surface area contributed by atoms with Gasteiger partial charge in [-0.2, -0.15) is 0 Å². The minimum absolute atomic E-state index is 0.320. The largest absolute Gasteiger partial charge is 0.497 e. The Labute approximate surface area is 126 Å². The summed E-state index contributed by atoms with van der Waals surface area (Å²) in [7, 11) is 1.59. The van der Waals surface area contributed by atoms with Crippen LogP contribution in [0, 0.1) is 5.82 Å². The smallest absolute Gasteiger partial charge is 0.124 e. The summed E-state index contributed by atoms with van der Waals surface area (Å²) < 4.78 is 19.1. The third-order valence-corrected chi connectivity index (χ3v) is 3.64. The van der Waals surface area contributed by atoms with Crippen LogP contribution in [0.15, 0.2) is 46.9 Å². The fourth-order valence-electron chi connectivity index (χ4n) is 2.16. The van der Waals surface area contributed by atoms with Crippen molar-refractivity contribution in [1.29, 1.82) is 0 Å². The summed E-state index contributed by atoms with van der Waals surface area (Å²) in [6.45, 7) is 1.72. The lowest BCUT2D eigenvalue weighted by Gasteiger charge is -2.24. The number of ether oxygens (including phenoxy) is 1. The fourth-order valence-corrected chi connectivity index (χ4v) is 2.68. The highest BCUT2D eigenvalue weighted by atomic mass is 79.9. The third kappa shape index (κ3) is 3.58. The third-order valence-electron chi connectivity index (χ3n) is 3.18. The zero-order valence-electron chi connectivity index (χ0n) is 11.4. The van der Waals surface area contributed by atoms with Crippen LogP contribution in [0.4, 0.5) is 4.39 Å². The Morgan fingerprint density at radius 3 is 2.40 bits per heavy atom. The molecule has 0 aliphatic carbocycles. The van der Waals surface area contributed by atoms with E-state index in [4.69, 9.17) is 4.74 Å². The summed E-state index contributed by atoms with van der Waals surface area (Å²) in [5, 5.41) is 10.6. The highest BCUT2D eigenvalue weighted by Gasteiger charge is 2.24. The summed E-state index contributed by atoms with van der Waals surface area (Å²) in [4.78, 5) is 0. The maximum Gasteiger partial charge on any atom is 0.124 e. The van der Waals surface area contributed by atoms with Gasteiger partial charge in [-0.15, -0.1) is 0 Å². The zero-order valence-corrected chi connectivity index (χ0v) is 12.9. The van der Waals surface area contributed by atoms with Gasteiger partial charge in [-0.05, 0) is 48.4 Å². The molecule has 0 saturated carbocycles. The van der Waals surface area contributed by atoms with Crippen LogP contribution in [-0.2, 0) is 12.0 Å². The van der Waals surface area contributed by atoms with E-state index < -0.39 is 5.60 Å². The molecule has 1 unspecified atom stereocenters. The first kappa shape index (κ1) is 15.0. The van der Waals surface area contributed by atoms with Crippen molar-refractivity contribution in [2.24, 2.45) is 0 Å². The monoisotopic (exact) mass is 338 g/mol. The van der Waals surface area contributed by atoms with E-state index in [-0.39, 0.29) is 5.82 Å². The molecule has 1 atom stereocenters. The summed E-state index contributed by atoms with van der Waals surface area (Å²) >= 11 is 3.26. The number of hydrogen-bond donors (Lipinski definition) is 1. The molecule has 2 nitrogen and oxygen atoms in total. The molecule has 0 saturated heterocycles. The van der Waals surface area contributed by atoms with Gasteiger partial charge < -0.3 is 9.84 Å². The minimum atomic E-state index is -1.07. The van der Waals surface area contributed by atoms with Gasteiger partial charge in [0.25, 0.3) is 0 Å². The summed E-state index contributed by atoms with van der Waals surface area (Å²) in [5.41, 5.74) is 0.427. The SMILES string of the molecule is COc1ccc(C(C)(O)Cc2cc(F)cc(Br)c2)cc1. The van der Waals surface area contributed by atoms with Crippen molar-refractivity contribution in [1.82, 2.24) is 0 Å². The molecule has 2 rings (SSSR count). The first-order valence-electron chi connectivity index (χ1n) is 6.22. The lowest BCUT2D eigenvalue weighted by Crippen LogP contribution is -2.24. The molecule has 1 N–H and O–H groups in total. The Morgan fingerprint density at radius 1 is 1.20 bits per heavy atom. The standard InChI is InChI=1S/C16H16BrFO2/c1-16(19,12-3-5-15(20-2)6-4-12)10-11-7-13(17)9-14(18)8-11/h3-9,19H,10H2,1-2H3. The normalized spacial score (nSPS) is 13.8. The molecule has 0 heterocycles. The Kier molecular flexibility index (Phi) is 4.45. The van der Waals surface area contributed by atoms with Gasteiger partial charge in [0.2, 0.25) is 0 Å². The van der Waals surface area contributed by atoms with Crippen LogP contribution in [0.25, 0.3) is 0 Å². The molecule has 106 valence electrons. The minimum Gasteiger partial charge on any atom is -0.497 e. The first-order valence-corrected chi connectivity index (χ1v) is 7.02. The fraction of sp³-hybridized carbons (Fsp3) is 0.250. The Morgan fingerprint density at radius 2 is 1.85 bits per heavy atom. The molecule has 2 aromatic carbocycles. The molecule has 0 aliphatic heterocycles. The number of halogens is 2. The molecule has 20 heavy (non-hydrogen) atoms. The molecular formula is C16H16BrFO2. The van der Waals surface area contributed by atoms with Crippen LogP contribution in [0.3, 0.4) is 0 Å². The van der Waals surface area contributed by atoms with E-state index >= 15 is 0 Å². The van der Waals surface area contributed by atoms with Gasteiger partial charge in [0.15, 0.2) is 0 Å². The quantitative estimate of drug-likeness (QED) is 0.911. The Hall–Kier alpha value is -1.39. The molecule has 0 bridgehead atoms. The first-order chi connectivity index (χ1) is 9.40. The van der Waals surface area contributed by atoms with Crippen molar-refractivity contribution in [2.45, 2.75) is 18.9 Å². The summed E-state index contributed by atoms with van der Waals surface area (Å²) in [6, 6.07) is 11.9. The van der Waals surface area contributed by atoms with E-state index in [1.165, 1.54) is 12.1 Å². The van der Waals surface area contributed by atoms with E-state index in [1.807, 2.05) is 12.1 Å². The molecule has 2 aromatic rings. The number of methoxy groups -OCH3 is 1. The Balaban J connectivity index is 2.24. The van der Waals surface area contributed by atoms with Gasteiger partial charge in [0, 0.05) is 10.9 Å². The zero-order chi connectivity index (χ0) is 14.8. The number of rotatable bonds is 4. The number of benzene rings is 2. The van der Waals surface area contributed by atoms with Gasteiger partial charge in [0.05, 0.1) is 12.7 Å².